The standard InChI is InChI=1S/C21H25N3O4/c1-23(12-17-7-8-18-19(11-17)28-15-27-18)14-21(26)24(10-9-20(22)25)13-16-5-3-2-4-6-16/h2-8,11H,9-10,12-15H2,1H3,(H2,22,25). The molecule has 2 amide bonds. The summed E-state index contributed by atoms with van der Waals surface area (Å²) in [5.41, 5.74) is 7.32. The first kappa shape index (κ1) is 19.7. The molecule has 1 aliphatic heterocycles. The summed E-state index contributed by atoms with van der Waals surface area (Å²) in [4.78, 5) is 27.6. The van der Waals surface area contributed by atoms with E-state index in [0.717, 1.165) is 22.6 Å². The molecule has 28 heavy (non-hydrogen) atoms. The van der Waals surface area contributed by atoms with Crippen LogP contribution in [-0.2, 0) is 22.7 Å². The van der Waals surface area contributed by atoms with E-state index in [0.29, 0.717) is 19.6 Å². The van der Waals surface area contributed by atoms with Gasteiger partial charge in [-0.3, -0.25) is 14.5 Å². The van der Waals surface area contributed by atoms with Crippen LogP contribution in [0.15, 0.2) is 48.5 Å². The van der Waals surface area contributed by atoms with Crippen molar-refractivity contribution in [3.63, 3.8) is 0 Å². The number of nitrogens with two attached hydrogens (primary N) is 1. The number of benzene rings is 2. The van der Waals surface area contributed by atoms with Gasteiger partial charge in [0.25, 0.3) is 0 Å². The van der Waals surface area contributed by atoms with Crippen LogP contribution in [0.3, 0.4) is 0 Å². The zero-order chi connectivity index (χ0) is 19.9. The van der Waals surface area contributed by atoms with Gasteiger partial charge in [-0.05, 0) is 30.3 Å². The molecule has 0 bridgehead atoms. The van der Waals surface area contributed by atoms with E-state index < -0.39 is 5.91 Å². The van der Waals surface area contributed by atoms with Crippen LogP contribution in [0.1, 0.15) is 17.5 Å². The van der Waals surface area contributed by atoms with E-state index in [2.05, 4.69) is 0 Å². The van der Waals surface area contributed by atoms with Crippen LogP contribution in [0.2, 0.25) is 0 Å². The van der Waals surface area contributed by atoms with E-state index in [1.807, 2.05) is 60.5 Å². The first-order valence-corrected chi connectivity index (χ1v) is 9.18. The van der Waals surface area contributed by atoms with Gasteiger partial charge in [-0.1, -0.05) is 36.4 Å². The Labute approximate surface area is 164 Å². The summed E-state index contributed by atoms with van der Waals surface area (Å²) in [6, 6.07) is 15.5. The lowest BCUT2D eigenvalue weighted by Crippen LogP contribution is -2.40. The van der Waals surface area contributed by atoms with Crippen LogP contribution in [0.5, 0.6) is 11.5 Å². The SMILES string of the molecule is CN(CC(=O)N(CCC(N)=O)Cc1ccccc1)Cc1ccc2c(c1)OCO2. The van der Waals surface area contributed by atoms with Crippen LogP contribution in [-0.4, -0.2) is 48.5 Å². The van der Waals surface area contributed by atoms with Crippen LogP contribution in [0, 0.1) is 0 Å². The summed E-state index contributed by atoms with van der Waals surface area (Å²) in [7, 11) is 1.89. The topological polar surface area (TPSA) is 85.1 Å². The normalized spacial score (nSPS) is 12.2. The van der Waals surface area contributed by atoms with E-state index in [9.17, 15) is 9.59 Å². The Hall–Kier alpha value is -3.06. The molecule has 1 heterocycles. The molecule has 0 radical (unpaired) electrons. The van der Waals surface area contributed by atoms with Gasteiger partial charge in [-0.25, -0.2) is 0 Å². The molecule has 1 aliphatic rings. The predicted octanol–water partition coefficient (Wildman–Crippen LogP) is 1.75. The number of primary amides is 1. The third kappa shape index (κ3) is 5.47. The second-order valence-electron chi connectivity index (χ2n) is 6.88. The molecule has 3 rings (SSSR count). The summed E-state index contributed by atoms with van der Waals surface area (Å²) in [6.45, 7) is 1.82. The molecule has 2 aromatic carbocycles. The van der Waals surface area contributed by atoms with Gasteiger partial charge in [-0.2, -0.15) is 0 Å². The van der Waals surface area contributed by atoms with Crippen molar-refractivity contribution in [1.29, 1.82) is 0 Å². The molecule has 0 aliphatic carbocycles. The van der Waals surface area contributed by atoms with Gasteiger partial charge in [-0.15, -0.1) is 0 Å². The minimum atomic E-state index is -0.417. The van der Waals surface area contributed by atoms with Crippen molar-refractivity contribution in [3.8, 4) is 11.5 Å². The average Bonchev–Trinajstić information content (AvgIpc) is 3.13. The maximum Gasteiger partial charge on any atom is 0.237 e. The first-order chi connectivity index (χ1) is 13.5. The lowest BCUT2D eigenvalue weighted by molar-refractivity contribution is -0.133. The number of nitrogens with zero attached hydrogens (tertiary/aromatic N) is 2. The van der Waals surface area contributed by atoms with E-state index in [1.165, 1.54) is 0 Å². The molecular formula is C21H25N3O4. The Balaban J connectivity index is 1.60. The van der Waals surface area contributed by atoms with Gasteiger partial charge in [0.1, 0.15) is 0 Å². The third-order valence-electron chi connectivity index (χ3n) is 4.49. The lowest BCUT2D eigenvalue weighted by Gasteiger charge is -2.25. The van der Waals surface area contributed by atoms with Crippen LogP contribution in [0.4, 0.5) is 0 Å². The molecule has 2 N–H and O–H groups in total. The number of ether oxygens (including phenoxy) is 2. The minimum absolute atomic E-state index is 0.0478. The molecule has 2 aromatic rings. The summed E-state index contributed by atoms with van der Waals surface area (Å²) < 4.78 is 10.7. The van der Waals surface area contributed by atoms with Crippen LogP contribution in [0.25, 0.3) is 0 Å². The molecule has 7 nitrogen and oxygen atoms in total. The highest BCUT2D eigenvalue weighted by Crippen LogP contribution is 2.32. The molecule has 0 aromatic heterocycles. The Morgan fingerprint density at radius 3 is 2.50 bits per heavy atom. The monoisotopic (exact) mass is 383 g/mol. The van der Waals surface area contributed by atoms with E-state index in [1.54, 1.807) is 4.90 Å². The van der Waals surface area contributed by atoms with Crippen molar-refractivity contribution in [3.05, 3.63) is 59.7 Å². The maximum absolute atomic E-state index is 12.8. The van der Waals surface area contributed by atoms with Crippen LogP contribution >= 0.6 is 0 Å². The molecular weight excluding hydrogens is 358 g/mol. The summed E-state index contributed by atoms with van der Waals surface area (Å²) in [5.74, 6) is 1.00. The Bertz CT molecular complexity index is 826. The fourth-order valence-electron chi connectivity index (χ4n) is 3.08. The Morgan fingerprint density at radius 1 is 1.00 bits per heavy atom. The van der Waals surface area contributed by atoms with Crippen molar-refractivity contribution in [2.24, 2.45) is 5.73 Å². The second kappa shape index (κ2) is 9.23. The number of amides is 2. The van der Waals surface area contributed by atoms with Gasteiger partial charge < -0.3 is 20.1 Å². The molecule has 148 valence electrons. The molecule has 0 fully saturated rings. The third-order valence-corrected chi connectivity index (χ3v) is 4.49. The van der Waals surface area contributed by atoms with Crippen molar-refractivity contribution in [1.82, 2.24) is 9.80 Å². The Kier molecular flexibility index (Phi) is 6.49. The molecule has 0 unspecified atom stereocenters. The van der Waals surface area contributed by atoms with Gasteiger partial charge in [0.15, 0.2) is 11.5 Å². The van der Waals surface area contributed by atoms with Gasteiger partial charge in [0.2, 0.25) is 18.6 Å². The number of fused-ring (bicyclic) bond motifs is 1. The molecule has 0 spiro atoms. The molecule has 7 heteroatoms. The molecule has 0 saturated carbocycles. The minimum Gasteiger partial charge on any atom is -0.454 e. The van der Waals surface area contributed by atoms with Crippen molar-refractivity contribution in [2.45, 2.75) is 19.5 Å². The second-order valence-corrected chi connectivity index (χ2v) is 6.88. The summed E-state index contributed by atoms with van der Waals surface area (Å²) in [5, 5.41) is 0. The number of hydrogen-bond acceptors (Lipinski definition) is 5. The maximum atomic E-state index is 12.8. The summed E-state index contributed by atoms with van der Waals surface area (Å²) >= 11 is 0. The highest BCUT2D eigenvalue weighted by atomic mass is 16.7. The molecule has 0 atom stereocenters. The van der Waals surface area contributed by atoms with Crippen LogP contribution < -0.4 is 15.2 Å². The number of carbonyl (C=O) groups is 2. The number of likely N-dealkylation sites (N-methyl/N-ethyl adjacent to an activating group) is 1. The van der Waals surface area contributed by atoms with E-state index in [-0.39, 0.29) is 25.7 Å². The van der Waals surface area contributed by atoms with Crippen molar-refractivity contribution in [2.75, 3.05) is 26.9 Å². The lowest BCUT2D eigenvalue weighted by atomic mass is 10.2. The van der Waals surface area contributed by atoms with E-state index in [4.69, 9.17) is 15.2 Å². The quantitative estimate of drug-likeness (QED) is 0.713. The Morgan fingerprint density at radius 2 is 1.75 bits per heavy atom. The van der Waals surface area contributed by atoms with Gasteiger partial charge in [0, 0.05) is 26.1 Å². The zero-order valence-electron chi connectivity index (χ0n) is 16.0. The number of rotatable bonds is 9. The van der Waals surface area contributed by atoms with E-state index >= 15 is 0 Å². The van der Waals surface area contributed by atoms with Crippen molar-refractivity contribution < 1.29 is 19.1 Å². The average molecular weight is 383 g/mol. The molecule has 0 saturated heterocycles. The van der Waals surface area contributed by atoms with Gasteiger partial charge >= 0.3 is 0 Å². The fourth-order valence-corrected chi connectivity index (χ4v) is 3.08. The first-order valence-electron chi connectivity index (χ1n) is 9.18. The fraction of sp³-hybridized carbons (Fsp3) is 0.333. The zero-order valence-corrected chi connectivity index (χ0v) is 16.0. The highest BCUT2D eigenvalue weighted by molar-refractivity contribution is 5.79. The highest BCUT2D eigenvalue weighted by Gasteiger charge is 2.18. The smallest absolute Gasteiger partial charge is 0.237 e. The van der Waals surface area contributed by atoms with Gasteiger partial charge in [0.05, 0.1) is 6.54 Å². The summed E-state index contributed by atoms with van der Waals surface area (Å²) in [6.07, 6.45) is 0.143. The number of carbonyl (C=O) groups excluding carboxylic acids is 2. The largest absolute Gasteiger partial charge is 0.454 e. The number of hydrogen-bond donors (Lipinski definition) is 1. The van der Waals surface area contributed by atoms with Crippen molar-refractivity contribution >= 4 is 11.8 Å². The predicted molar refractivity (Wildman–Crippen MR) is 105 cm³/mol.